The number of aromatic nitrogens is 4. The summed E-state index contributed by atoms with van der Waals surface area (Å²) >= 11 is 0. The summed E-state index contributed by atoms with van der Waals surface area (Å²) in [5.74, 6) is -0.126. The number of rotatable bonds is 19. The van der Waals surface area contributed by atoms with Crippen LogP contribution in [-0.4, -0.2) is 31.3 Å². The Kier molecular flexibility index (Phi) is 14.6. The fourth-order valence-corrected chi connectivity index (χ4v) is 3.43. The first kappa shape index (κ1) is 23.6. The number of carboxylic acids is 1. The molecule has 0 fully saturated rings. The first-order valence-electron chi connectivity index (χ1n) is 11.2. The number of carbonyl (C=O) groups is 1. The summed E-state index contributed by atoms with van der Waals surface area (Å²) in [4.78, 5) is 10.6. The van der Waals surface area contributed by atoms with Gasteiger partial charge in [-0.3, -0.25) is 4.79 Å². The molecule has 0 atom stereocenters. The number of hydrogen-bond acceptors (Lipinski definition) is 4. The van der Waals surface area contributed by atoms with Crippen LogP contribution >= 0.6 is 0 Å². The zero-order valence-electron chi connectivity index (χ0n) is 17.4. The van der Waals surface area contributed by atoms with Crippen LogP contribution in [0.3, 0.4) is 0 Å². The Labute approximate surface area is 165 Å². The SMILES string of the molecule is CCCCCCCCCCCCCCCCCn1nnnc1CCC(=O)O. The van der Waals surface area contributed by atoms with Crippen LogP contribution in [0.25, 0.3) is 0 Å². The highest BCUT2D eigenvalue weighted by atomic mass is 16.4. The first-order chi connectivity index (χ1) is 13.2. The van der Waals surface area contributed by atoms with Gasteiger partial charge in [-0.2, -0.15) is 0 Å². The second-order valence-corrected chi connectivity index (χ2v) is 7.66. The molecular formula is C21H40N4O2. The Bertz CT molecular complexity index is 477. The van der Waals surface area contributed by atoms with Crippen molar-refractivity contribution in [3.8, 4) is 0 Å². The van der Waals surface area contributed by atoms with Gasteiger partial charge in [-0.25, -0.2) is 4.68 Å². The lowest BCUT2D eigenvalue weighted by Gasteiger charge is -2.05. The van der Waals surface area contributed by atoms with Gasteiger partial charge < -0.3 is 5.11 Å². The van der Waals surface area contributed by atoms with Crippen molar-refractivity contribution < 1.29 is 9.90 Å². The summed E-state index contributed by atoms with van der Waals surface area (Å²) in [6, 6.07) is 0. The molecule has 156 valence electrons. The molecule has 1 aromatic heterocycles. The Morgan fingerprint density at radius 3 is 1.78 bits per heavy atom. The minimum Gasteiger partial charge on any atom is -0.481 e. The van der Waals surface area contributed by atoms with Gasteiger partial charge >= 0.3 is 5.97 Å². The maximum atomic E-state index is 10.6. The van der Waals surface area contributed by atoms with E-state index in [1.807, 2.05) is 0 Å². The molecule has 6 heteroatoms. The van der Waals surface area contributed by atoms with Gasteiger partial charge in [0.05, 0.1) is 6.42 Å². The molecular weight excluding hydrogens is 340 g/mol. The molecule has 1 N–H and O–H groups in total. The first-order valence-corrected chi connectivity index (χ1v) is 11.2. The second-order valence-electron chi connectivity index (χ2n) is 7.66. The summed E-state index contributed by atoms with van der Waals surface area (Å²) in [5, 5.41) is 20.3. The van der Waals surface area contributed by atoms with E-state index in [9.17, 15) is 4.79 Å². The predicted molar refractivity (Wildman–Crippen MR) is 109 cm³/mol. The molecule has 0 amide bonds. The molecule has 27 heavy (non-hydrogen) atoms. The zero-order valence-corrected chi connectivity index (χ0v) is 17.4. The third-order valence-electron chi connectivity index (χ3n) is 5.14. The molecule has 0 saturated heterocycles. The van der Waals surface area contributed by atoms with Crippen LogP contribution in [0, 0.1) is 0 Å². The van der Waals surface area contributed by atoms with Gasteiger partial charge in [0.15, 0.2) is 5.82 Å². The summed E-state index contributed by atoms with van der Waals surface area (Å²) in [6.45, 7) is 3.06. The molecule has 0 spiro atoms. The molecule has 0 radical (unpaired) electrons. The monoisotopic (exact) mass is 380 g/mol. The number of nitrogens with zero attached hydrogens (tertiary/aromatic N) is 4. The van der Waals surface area contributed by atoms with Gasteiger partial charge in [0.25, 0.3) is 0 Å². The van der Waals surface area contributed by atoms with E-state index in [-0.39, 0.29) is 6.42 Å². The topological polar surface area (TPSA) is 80.9 Å². The summed E-state index contributed by atoms with van der Waals surface area (Å²) in [7, 11) is 0. The fraction of sp³-hybridized carbons (Fsp3) is 0.905. The van der Waals surface area contributed by atoms with Gasteiger partial charge in [-0.15, -0.1) is 5.10 Å². The van der Waals surface area contributed by atoms with E-state index in [0.29, 0.717) is 12.2 Å². The average Bonchev–Trinajstić information content (AvgIpc) is 3.10. The standard InChI is InChI=1S/C21H40N4O2/c1-2-3-4-5-6-7-8-9-10-11-12-13-14-15-16-19-25-20(22-23-24-25)17-18-21(26)27/h2-19H2,1H3,(H,26,27). The van der Waals surface area contributed by atoms with Crippen LogP contribution in [0.1, 0.15) is 115 Å². The summed E-state index contributed by atoms with van der Waals surface area (Å²) in [6.07, 6.45) is 20.7. The van der Waals surface area contributed by atoms with Crippen molar-refractivity contribution in [1.82, 2.24) is 20.2 Å². The van der Waals surface area contributed by atoms with Crippen LogP contribution in [0.2, 0.25) is 0 Å². The number of aryl methyl sites for hydroxylation is 2. The molecule has 0 unspecified atom stereocenters. The Hall–Kier alpha value is -1.46. The highest BCUT2D eigenvalue weighted by molar-refractivity contribution is 5.66. The lowest BCUT2D eigenvalue weighted by molar-refractivity contribution is -0.137. The van der Waals surface area contributed by atoms with E-state index in [2.05, 4.69) is 22.4 Å². The van der Waals surface area contributed by atoms with Gasteiger partial charge in [0.1, 0.15) is 0 Å². The Morgan fingerprint density at radius 2 is 1.30 bits per heavy atom. The molecule has 6 nitrogen and oxygen atoms in total. The Balaban J connectivity index is 1.86. The van der Waals surface area contributed by atoms with Gasteiger partial charge in [-0.05, 0) is 16.8 Å². The number of unbranched alkanes of at least 4 members (excludes halogenated alkanes) is 14. The van der Waals surface area contributed by atoms with Crippen LogP contribution in [0.5, 0.6) is 0 Å². The molecule has 1 rings (SSSR count). The number of carboxylic acid groups (broad SMARTS) is 1. The van der Waals surface area contributed by atoms with Crippen molar-refractivity contribution in [3.05, 3.63) is 5.82 Å². The summed E-state index contributed by atoms with van der Waals surface area (Å²) in [5.41, 5.74) is 0. The molecule has 0 aromatic carbocycles. The van der Waals surface area contributed by atoms with Crippen molar-refractivity contribution in [2.45, 2.75) is 123 Å². The quantitative estimate of drug-likeness (QED) is 0.318. The highest BCUT2D eigenvalue weighted by Gasteiger charge is 2.07. The van der Waals surface area contributed by atoms with Crippen LogP contribution in [-0.2, 0) is 17.8 Å². The van der Waals surface area contributed by atoms with E-state index in [1.165, 1.54) is 89.9 Å². The van der Waals surface area contributed by atoms with Crippen LogP contribution < -0.4 is 0 Å². The summed E-state index contributed by atoms with van der Waals surface area (Å²) < 4.78 is 1.76. The molecule has 1 heterocycles. The number of aliphatic carboxylic acids is 1. The van der Waals surface area contributed by atoms with Crippen molar-refractivity contribution in [2.24, 2.45) is 0 Å². The number of tetrazole rings is 1. The zero-order chi connectivity index (χ0) is 19.6. The normalized spacial score (nSPS) is 11.1. The fourth-order valence-electron chi connectivity index (χ4n) is 3.43. The third kappa shape index (κ3) is 13.4. The maximum absolute atomic E-state index is 10.6. The lowest BCUT2D eigenvalue weighted by Crippen LogP contribution is -2.08. The molecule has 1 aromatic rings. The predicted octanol–water partition coefficient (Wildman–Crippen LogP) is 5.56. The largest absolute Gasteiger partial charge is 0.481 e. The minimum atomic E-state index is -0.809. The third-order valence-corrected chi connectivity index (χ3v) is 5.14. The van der Waals surface area contributed by atoms with Gasteiger partial charge in [-0.1, -0.05) is 96.8 Å². The Morgan fingerprint density at radius 1 is 0.815 bits per heavy atom. The minimum absolute atomic E-state index is 0.0826. The average molecular weight is 381 g/mol. The molecule has 0 aliphatic heterocycles. The maximum Gasteiger partial charge on any atom is 0.303 e. The van der Waals surface area contributed by atoms with Crippen LogP contribution in [0.15, 0.2) is 0 Å². The van der Waals surface area contributed by atoms with E-state index in [1.54, 1.807) is 4.68 Å². The van der Waals surface area contributed by atoms with Crippen molar-refractivity contribution in [2.75, 3.05) is 0 Å². The molecule has 0 aliphatic rings. The molecule has 0 bridgehead atoms. The van der Waals surface area contributed by atoms with E-state index in [4.69, 9.17) is 5.11 Å². The van der Waals surface area contributed by atoms with Crippen LogP contribution in [0.4, 0.5) is 0 Å². The van der Waals surface area contributed by atoms with Crippen molar-refractivity contribution in [3.63, 3.8) is 0 Å². The smallest absolute Gasteiger partial charge is 0.303 e. The van der Waals surface area contributed by atoms with Gasteiger partial charge in [0, 0.05) is 13.0 Å². The van der Waals surface area contributed by atoms with Crippen molar-refractivity contribution >= 4 is 5.97 Å². The highest BCUT2D eigenvalue weighted by Crippen LogP contribution is 2.13. The molecule has 0 saturated carbocycles. The van der Waals surface area contributed by atoms with E-state index < -0.39 is 5.97 Å². The lowest BCUT2D eigenvalue weighted by atomic mass is 10.0. The van der Waals surface area contributed by atoms with Gasteiger partial charge in [0.2, 0.25) is 0 Å². The van der Waals surface area contributed by atoms with E-state index >= 15 is 0 Å². The molecule has 0 aliphatic carbocycles. The van der Waals surface area contributed by atoms with Crippen molar-refractivity contribution in [1.29, 1.82) is 0 Å². The van der Waals surface area contributed by atoms with E-state index in [0.717, 1.165) is 13.0 Å². The second kappa shape index (κ2) is 16.7. The number of hydrogen-bond donors (Lipinski definition) is 1.